The molecule has 1 heterocycles. The Hall–Kier alpha value is -2.27. The fraction of sp³-hybridized carbons (Fsp3) is 0.176. The summed E-state index contributed by atoms with van der Waals surface area (Å²) < 4.78 is 5.47. The van der Waals surface area contributed by atoms with E-state index in [2.05, 4.69) is 9.97 Å². The topological polar surface area (TPSA) is 55.0 Å². The average molecular weight is 312 g/mol. The summed E-state index contributed by atoms with van der Waals surface area (Å²) in [5.41, 5.74) is 2.52. The normalized spacial score (nSPS) is 10.8. The molecule has 1 N–H and O–H groups in total. The minimum Gasteiger partial charge on any atom is -0.494 e. The van der Waals surface area contributed by atoms with Crippen LogP contribution in [0.3, 0.4) is 0 Å². The Kier molecular flexibility index (Phi) is 4.44. The molecule has 0 unspecified atom stereocenters. The maximum absolute atomic E-state index is 12.1. The summed E-state index contributed by atoms with van der Waals surface area (Å²) in [7, 11) is 0. The smallest absolute Gasteiger partial charge is 0.173 e. The van der Waals surface area contributed by atoms with Crippen LogP contribution in [0.2, 0.25) is 0 Å². The van der Waals surface area contributed by atoms with Crippen LogP contribution in [-0.2, 0) is 0 Å². The van der Waals surface area contributed by atoms with Gasteiger partial charge in [0.15, 0.2) is 10.9 Å². The van der Waals surface area contributed by atoms with Crippen LogP contribution in [-0.4, -0.2) is 28.1 Å². The van der Waals surface area contributed by atoms with Crippen LogP contribution in [0.15, 0.2) is 53.7 Å². The van der Waals surface area contributed by atoms with E-state index in [9.17, 15) is 4.79 Å². The first-order valence-electron chi connectivity index (χ1n) is 7.10. The van der Waals surface area contributed by atoms with Gasteiger partial charge in [-0.2, -0.15) is 0 Å². The molecule has 3 rings (SSSR count). The van der Waals surface area contributed by atoms with Crippen LogP contribution in [0, 0.1) is 0 Å². The van der Waals surface area contributed by atoms with Crippen molar-refractivity contribution in [3.8, 4) is 5.75 Å². The standard InChI is InChI=1S/C17H16N2O2S/c1-2-21-13-8-9-14-15(10-13)19-17(18-14)22-11-16(20)12-6-4-3-5-7-12/h3-10H,2,11H2,1H3,(H,18,19). The second kappa shape index (κ2) is 6.66. The predicted octanol–water partition coefficient (Wildman–Crippen LogP) is 3.94. The molecule has 0 aliphatic carbocycles. The molecule has 0 fully saturated rings. The third kappa shape index (κ3) is 3.31. The monoisotopic (exact) mass is 312 g/mol. The number of nitrogens with one attached hydrogen (secondary N) is 1. The number of ether oxygens (including phenoxy) is 1. The van der Waals surface area contributed by atoms with Gasteiger partial charge in [-0.05, 0) is 19.1 Å². The molecule has 0 saturated carbocycles. The van der Waals surface area contributed by atoms with Crippen LogP contribution in [0.4, 0.5) is 0 Å². The molecule has 1 aromatic heterocycles. The summed E-state index contributed by atoms with van der Waals surface area (Å²) in [5, 5.41) is 0.743. The van der Waals surface area contributed by atoms with E-state index >= 15 is 0 Å². The van der Waals surface area contributed by atoms with Crippen molar-refractivity contribution >= 4 is 28.6 Å². The Labute approximate surface area is 132 Å². The summed E-state index contributed by atoms with van der Waals surface area (Å²) in [4.78, 5) is 19.8. The minimum absolute atomic E-state index is 0.0982. The van der Waals surface area contributed by atoms with Crippen molar-refractivity contribution in [3.05, 3.63) is 54.1 Å². The van der Waals surface area contributed by atoms with Gasteiger partial charge >= 0.3 is 0 Å². The number of benzene rings is 2. The number of aromatic amines is 1. The zero-order valence-corrected chi connectivity index (χ0v) is 13.0. The van der Waals surface area contributed by atoms with E-state index in [0.717, 1.165) is 27.5 Å². The van der Waals surface area contributed by atoms with Crippen molar-refractivity contribution < 1.29 is 9.53 Å². The van der Waals surface area contributed by atoms with Gasteiger partial charge in [0, 0.05) is 11.6 Å². The molecule has 0 bridgehead atoms. The summed E-state index contributed by atoms with van der Waals surface area (Å²) in [6.45, 7) is 2.58. The zero-order valence-electron chi connectivity index (χ0n) is 12.2. The lowest BCUT2D eigenvalue weighted by molar-refractivity contribution is 0.102. The minimum atomic E-state index is 0.0982. The second-order valence-corrected chi connectivity index (χ2v) is 5.70. The lowest BCUT2D eigenvalue weighted by Crippen LogP contribution is -2.01. The van der Waals surface area contributed by atoms with Crippen molar-refractivity contribution in [2.45, 2.75) is 12.1 Å². The van der Waals surface area contributed by atoms with E-state index < -0.39 is 0 Å². The Balaban J connectivity index is 1.70. The molecule has 22 heavy (non-hydrogen) atoms. The highest BCUT2D eigenvalue weighted by Crippen LogP contribution is 2.23. The van der Waals surface area contributed by atoms with E-state index in [4.69, 9.17) is 4.74 Å². The first kappa shape index (κ1) is 14.7. The Morgan fingerprint density at radius 3 is 2.82 bits per heavy atom. The number of imidazole rings is 1. The first-order valence-corrected chi connectivity index (χ1v) is 8.08. The maximum atomic E-state index is 12.1. The SMILES string of the molecule is CCOc1ccc2nc(SCC(=O)c3ccccc3)[nH]c2c1. The van der Waals surface area contributed by atoms with Gasteiger partial charge in [-0.1, -0.05) is 42.1 Å². The molecule has 5 heteroatoms. The number of carbonyl (C=O) groups is 1. The lowest BCUT2D eigenvalue weighted by Gasteiger charge is -2.00. The zero-order chi connectivity index (χ0) is 15.4. The number of fused-ring (bicyclic) bond motifs is 1. The van der Waals surface area contributed by atoms with Gasteiger partial charge in [0.2, 0.25) is 0 Å². The van der Waals surface area contributed by atoms with Crippen LogP contribution >= 0.6 is 11.8 Å². The molecule has 0 spiro atoms. The molecule has 0 atom stereocenters. The largest absolute Gasteiger partial charge is 0.494 e. The molecular formula is C17H16N2O2S. The van der Waals surface area contributed by atoms with Gasteiger partial charge in [0.25, 0.3) is 0 Å². The van der Waals surface area contributed by atoms with E-state index in [0.29, 0.717) is 12.4 Å². The molecule has 0 radical (unpaired) electrons. The summed E-state index contributed by atoms with van der Waals surface area (Å²) >= 11 is 1.41. The summed E-state index contributed by atoms with van der Waals surface area (Å²) in [6.07, 6.45) is 0. The van der Waals surface area contributed by atoms with Crippen molar-refractivity contribution in [1.29, 1.82) is 0 Å². The van der Waals surface area contributed by atoms with Gasteiger partial charge in [0.1, 0.15) is 5.75 Å². The Morgan fingerprint density at radius 1 is 1.23 bits per heavy atom. The fourth-order valence-electron chi connectivity index (χ4n) is 2.13. The maximum Gasteiger partial charge on any atom is 0.173 e. The van der Waals surface area contributed by atoms with E-state index in [1.807, 2.05) is 55.5 Å². The van der Waals surface area contributed by atoms with Gasteiger partial charge in [-0.15, -0.1) is 0 Å². The van der Waals surface area contributed by atoms with Gasteiger partial charge in [0.05, 0.1) is 23.4 Å². The average Bonchev–Trinajstić information content (AvgIpc) is 2.96. The molecular weight excluding hydrogens is 296 g/mol. The number of ketones is 1. The Bertz CT molecular complexity index is 784. The first-order chi connectivity index (χ1) is 10.8. The quantitative estimate of drug-likeness (QED) is 0.553. The number of nitrogens with zero attached hydrogens (tertiary/aromatic N) is 1. The highest BCUT2D eigenvalue weighted by molar-refractivity contribution is 7.99. The molecule has 0 aliphatic heterocycles. The number of thioether (sulfide) groups is 1. The highest BCUT2D eigenvalue weighted by Gasteiger charge is 2.09. The lowest BCUT2D eigenvalue weighted by atomic mass is 10.2. The third-order valence-corrected chi connectivity index (χ3v) is 4.05. The molecule has 0 aliphatic rings. The third-order valence-electron chi connectivity index (χ3n) is 3.18. The second-order valence-electron chi connectivity index (χ2n) is 4.73. The van der Waals surface area contributed by atoms with Crippen LogP contribution in [0.25, 0.3) is 11.0 Å². The molecule has 0 amide bonds. The number of hydrogen-bond acceptors (Lipinski definition) is 4. The predicted molar refractivity (Wildman–Crippen MR) is 88.8 cm³/mol. The fourth-order valence-corrected chi connectivity index (χ4v) is 2.91. The number of carbonyl (C=O) groups excluding carboxylic acids is 1. The summed E-state index contributed by atoms with van der Waals surface area (Å²) in [5.74, 6) is 1.28. The van der Waals surface area contributed by atoms with Crippen molar-refractivity contribution in [2.24, 2.45) is 0 Å². The number of H-pyrrole nitrogens is 1. The van der Waals surface area contributed by atoms with E-state index in [-0.39, 0.29) is 5.78 Å². The molecule has 2 aromatic carbocycles. The highest BCUT2D eigenvalue weighted by atomic mass is 32.2. The molecule has 4 nitrogen and oxygen atoms in total. The summed E-state index contributed by atoms with van der Waals surface area (Å²) in [6, 6.07) is 15.0. The van der Waals surface area contributed by atoms with Crippen molar-refractivity contribution in [2.75, 3.05) is 12.4 Å². The van der Waals surface area contributed by atoms with Crippen LogP contribution in [0.5, 0.6) is 5.75 Å². The van der Waals surface area contributed by atoms with Crippen molar-refractivity contribution in [3.63, 3.8) is 0 Å². The van der Waals surface area contributed by atoms with Gasteiger partial charge in [-0.25, -0.2) is 4.98 Å². The van der Waals surface area contributed by atoms with Gasteiger partial charge < -0.3 is 9.72 Å². The number of hydrogen-bond donors (Lipinski definition) is 1. The number of aromatic nitrogens is 2. The van der Waals surface area contributed by atoms with E-state index in [1.165, 1.54) is 11.8 Å². The number of Topliss-reactive ketones (excluding diaryl/α,β-unsaturated/α-hetero) is 1. The molecule has 3 aromatic rings. The Morgan fingerprint density at radius 2 is 2.05 bits per heavy atom. The molecule has 0 saturated heterocycles. The van der Waals surface area contributed by atoms with Gasteiger partial charge in [-0.3, -0.25) is 4.79 Å². The molecule has 112 valence electrons. The van der Waals surface area contributed by atoms with E-state index in [1.54, 1.807) is 0 Å². The van der Waals surface area contributed by atoms with Crippen LogP contribution in [0.1, 0.15) is 17.3 Å². The number of rotatable bonds is 6. The van der Waals surface area contributed by atoms with Crippen molar-refractivity contribution in [1.82, 2.24) is 9.97 Å². The van der Waals surface area contributed by atoms with Crippen LogP contribution < -0.4 is 4.74 Å².